The lowest BCUT2D eigenvalue weighted by Crippen LogP contribution is -2.56. The lowest BCUT2D eigenvalue weighted by molar-refractivity contribution is -0.130. The van der Waals surface area contributed by atoms with Gasteiger partial charge in [-0.1, -0.05) is 30.3 Å². The van der Waals surface area contributed by atoms with Crippen LogP contribution in [0.4, 0.5) is 5.69 Å². The normalized spacial score (nSPS) is 14.3. The van der Waals surface area contributed by atoms with Crippen LogP contribution in [0.2, 0.25) is 0 Å². The summed E-state index contributed by atoms with van der Waals surface area (Å²) in [5, 5.41) is 7.25. The number of aryl methyl sites for hydroxylation is 1. The highest BCUT2D eigenvalue weighted by Gasteiger charge is 2.28. The molecule has 0 atom stereocenters. The summed E-state index contributed by atoms with van der Waals surface area (Å²) in [7, 11) is 3.48. The highest BCUT2D eigenvalue weighted by atomic mass is 127. The van der Waals surface area contributed by atoms with Gasteiger partial charge in [-0.2, -0.15) is 5.10 Å². The summed E-state index contributed by atoms with van der Waals surface area (Å²) in [4.78, 5) is 35.0. The van der Waals surface area contributed by atoms with E-state index in [0.29, 0.717) is 32.1 Å². The molecule has 0 spiro atoms. The Balaban J connectivity index is 0.00000341. The van der Waals surface area contributed by atoms with Crippen LogP contribution >= 0.6 is 24.0 Å². The van der Waals surface area contributed by atoms with E-state index in [9.17, 15) is 9.59 Å². The second kappa shape index (κ2) is 11.7. The minimum absolute atomic E-state index is 0. The van der Waals surface area contributed by atoms with Crippen LogP contribution in [-0.4, -0.2) is 77.1 Å². The standard InChI is InChI=1S/C21H29N7O2.HI/c1-4-26(14-17-8-6-5-7-9-17)19(29)13-23-21(22-2)27-10-11-28(20(30)16-27)18-12-24-25(3)15-18;/h5-9,12,15H,4,10-11,13-14,16H2,1-3H3,(H,22,23);1H. The topological polar surface area (TPSA) is 86.1 Å². The van der Waals surface area contributed by atoms with Crippen molar-refractivity contribution in [1.29, 1.82) is 0 Å². The molecule has 0 radical (unpaired) electrons. The molecule has 168 valence electrons. The zero-order valence-corrected chi connectivity index (χ0v) is 20.5. The van der Waals surface area contributed by atoms with Crippen molar-refractivity contribution in [1.82, 2.24) is 24.9 Å². The molecule has 1 N–H and O–H groups in total. The molecule has 2 aromatic rings. The lowest BCUT2D eigenvalue weighted by atomic mass is 10.2. The van der Waals surface area contributed by atoms with Crippen molar-refractivity contribution in [3.8, 4) is 0 Å². The van der Waals surface area contributed by atoms with Gasteiger partial charge in [-0.3, -0.25) is 19.3 Å². The predicted octanol–water partition coefficient (Wildman–Crippen LogP) is 1.31. The number of halogens is 1. The first-order chi connectivity index (χ1) is 14.5. The average Bonchev–Trinajstić information content (AvgIpc) is 3.19. The molecule has 9 nitrogen and oxygen atoms in total. The summed E-state index contributed by atoms with van der Waals surface area (Å²) in [6.45, 7) is 4.64. The molecule has 0 saturated carbocycles. The van der Waals surface area contributed by atoms with Gasteiger partial charge in [0.1, 0.15) is 6.54 Å². The van der Waals surface area contributed by atoms with Crippen molar-refractivity contribution >= 4 is 47.4 Å². The molecule has 0 unspecified atom stereocenters. The number of piperazine rings is 1. The molecule has 2 amide bonds. The smallest absolute Gasteiger partial charge is 0.246 e. The molecule has 3 rings (SSSR count). The zero-order valence-electron chi connectivity index (χ0n) is 18.2. The van der Waals surface area contributed by atoms with Crippen LogP contribution in [0, 0.1) is 0 Å². The number of guanidine groups is 1. The van der Waals surface area contributed by atoms with Crippen LogP contribution in [0.1, 0.15) is 12.5 Å². The first-order valence-electron chi connectivity index (χ1n) is 10.1. The van der Waals surface area contributed by atoms with E-state index in [1.165, 1.54) is 0 Å². The molecule has 1 aromatic heterocycles. The maximum absolute atomic E-state index is 12.7. The number of nitrogens with zero attached hydrogens (tertiary/aromatic N) is 6. The SMILES string of the molecule is CCN(Cc1ccccc1)C(=O)CNC(=NC)N1CCN(c2cnn(C)c2)C(=O)C1.I. The molecule has 0 aliphatic carbocycles. The van der Waals surface area contributed by atoms with Gasteiger partial charge < -0.3 is 20.0 Å². The van der Waals surface area contributed by atoms with Crippen molar-refractivity contribution in [3.63, 3.8) is 0 Å². The summed E-state index contributed by atoms with van der Waals surface area (Å²) in [6, 6.07) is 9.92. The molecule has 31 heavy (non-hydrogen) atoms. The third-order valence-corrected chi connectivity index (χ3v) is 5.08. The fraction of sp³-hybridized carbons (Fsp3) is 0.429. The highest BCUT2D eigenvalue weighted by molar-refractivity contribution is 14.0. The second-order valence-corrected chi connectivity index (χ2v) is 7.13. The Bertz CT molecular complexity index is 900. The monoisotopic (exact) mass is 539 g/mol. The van der Waals surface area contributed by atoms with E-state index in [1.54, 1.807) is 27.7 Å². The molecule has 1 fully saturated rings. The molecule has 2 heterocycles. The summed E-state index contributed by atoms with van der Waals surface area (Å²) in [5.74, 6) is 0.518. The van der Waals surface area contributed by atoms with Gasteiger partial charge in [0.15, 0.2) is 5.96 Å². The Labute approximate surface area is 200 Å². The predicted molar refractivity (Wildman–Crippen MR) is 131 cm³/mol. The number of amides is 2. The fourth-order valence-electron chi connectivity index (χ4n) is 3.45. The molecule has 1 aliphatic rings. The van der Waals surface area contributed by atoms with Crippen molar-refractivity contribution in [2.24, 2.45) is 12.0 Å². The first-order valence-corrected chi connectivity index (χ1v) is 10.1. The Morgan fingerprint density at radius 2 is 2.00 bits per heavy atom. The maximum Gasteiger partial charge on any atom is 0.246 e. The van der Waals surface area contributed by atoms with E-state index < -0.39 is 0 Å². The first kappa shape index (κ1) is 24.6. The van der Waals surface area contributed by atoms with Crippen LogP contribution in [0.3, 0.4) is 0 Å². The number of aromatic nitrogens is 2. The van der Waals surface area contributed by atoms with Crippen molar-refractivity contribution < 1.29 is 9.59 Å². The molecule has 1 aromatic carbocycles. The van der Waals surface area contributed by atoms with Gasteiger partial charge in [0.05, 0.1) is 18.4 Å². The highest BCUT2D eigenvalue weighted by Crippen LogP contribution is 2.16. The van der Waals surface area contributed by atoms with Crippen LogP contribution in [0.5, 0.6) is 0 Å². The summed E-state index contributed by atoms with van der Waals surface area (Å²) >= 11 is 0. The van der Waals surface area contributed by atoms with E-state index in [1.807, 2.05) is 55.4 Å². The van der Waals surface area contributed by atoms with Crippen molar-refractivity contribution in [2.75, 3.05) is 44.7 Å². The lowest BCUT2D eigenvalue weighted by Gasteiger charge is -2.35. The molecule has 1 saturated heterocycles. The Morgan fingerprint density at radius 1 is 1.26 bits per heavy atom. The van der Waals surface area contributed by atoms with Crippen LogP contribution in [0.15, 0.2) is 47.7 Å². The number of carbonyl (C=O) groups excluding carboxylic acids is 2. The quantitative estimate of drug-likeness (QED) is 0.340. The van der Waals surface area contributed by atoms with E-state index in [2.05, 4.69) is 15.4 Å². The summed E-state index contributed by atoms with van der Waals surface area (Å²) < 4.78 is 1.68. The number of hydrogen-bond acceptors (Lipinski definition) is 4. The van der Waals surface area contributed by atoms with Gasteiger partial charge in [0, 0.05) is 46.5 Å². The van der Waals surface area contributed by atoms with Gasteiger partial charge in [-0.15, -0.1) is 24.0 Å². The third-order valence-electron chi connectivity index (χ3n) is 5.08. The second-order valence-electron chi connectivity index (χ2n) is 7.13. The van der Waals surface area contributed by atoms with E-state index in [4.69, 9.17) is 0 Å². The van der Waals surface area contributed by atoms with Crippen LogP contribution < -0.4 is 10.2 Å². The molecule has 10 heteroatoms. The van der Waals surface area contributed by atoms with E-state index >= 15 is 0 Å². The number of anilines is 1. The summed E-state index contributed by atoms with van der Waals surface area (Å²) in [5.41, 5.74) is 1.88. The van der Waals surface area contributed by atoms with E-state index in [-0.39, 0.29) is 48.9 Å². The number of nitrogens with one attached hydrogen (secondary N) is 1. The van der Waals surface area contributed by atoms with Crippen molar-refractivity contribution in [2.45, 2.75) is 13.5 Å². The number of likely N-dealkylation sites (N-methyl/N-ethyl adjacent to an activating group) is 1. The van der Waals surface area contributed by atoms with Gasteiger partial charge in [-0.05, 0) is 12.5 Å². The van der Waals surface area contributed by atoms with Crippen molar-refractivity contribution in [3.05, 3.63) is 48.3 Å². The number of rotatable bonds is 6. The van der Waals surface area contributed by atoms with Gasteiger partial charge in [-0.25, -0.2) is 0 Å². The molecule has 1 aliphatic heterocycles. The number of carbonyl (C=O) groups is 2. The number of benzene rings is 1. The zero-order chi connectivity index (χ0) is 21.5. The maximum atomic E-state index is 12.7. The van der Waals surface area contributed by atoms with Crippen LogP contribution in [-0.2, 0) is 23.2 Å². The largest absolute Gasteiger partial charge is 0.347 e. The molecular weight excluding hydrogens is 509 g/mol. The minimum atomic E-state index is -0.0252. The minimum Gasteiger partial charge on any atom is -0.347 e. The Morgan fingerprint density at radius 3 is 2.58 bits per heavy atom. The summed E-state index contributed by atoms with van der Waals surface area (Å²) in [6.07, 6.45) is 3.51. The number of aliphatic imine (C=N–C) groups is 1. The van der Waals surface area contributed by atoms with Crippen LogP contribution in [0.25, 0.3) is 0 Å². The molecular formula is C21H30IN7O2. The van der Waals surface area contributed by atoms with E-state index in [0.717, 1.165) is 11.3 Å². The van der Waals surface area contributed by atoms with Gasteiger partial charge in [0.25, 0.3) is 0 Å². The molecule has 0 bridgehead atoms. The average molecular weight is 539 g/mol. The Kier molecular flexibility index (Phi) is 9.28. The van der Waals surface area contributed by atoms with Gasteiger partial charge in [0.2, 0.25) is 11.8 Å². The number of hydrogen-bond donors (Lipinski definition) is 1. The third kappa shape index (κ3) is 6.42. The fourth-order valence-corrected chi connectivity index (χ4v) is 3.45. The Hall–Kier alpha value is -2.63. The van der Waals surface area contributed by atoms with Gasteiger partial charge >= 0.3 is 0 Å².